The predicted octanol–water partition coefficient (Wildman–Crippen LogP) is 0.583. The van der Waals surface area contributed by atoms with Gasteiger partial charge in [-0.15, -0.1) is 11.8 Å². The summed E-state index contributed by atoms with van der Waals surface area (Å²) in [5, 5.41) is 0.352. The Hall–Kier alpha value is 0.220. The molecule has 0 fully saturated rings. The summed E-state index contributed by atoms with van der Waals surface area (Å²) >= 11 is 2.98. The maximum Gasteiger partial charge on any atom is 0.274 e. The second-order valence-electron chi connectivity index (χ2n) is 0.958. The minimum atomic E-state index is -0.466. The van der Waals surface area contributed by atoms with Crippen LogP contribution in [0.25, 0.3) is 0 Å². The largest absolute Gasteiger partial charge is 0.364 e. The molecule has 3 nitrogen and oxygen atoms in total. The molecule has 0 spiro atoms. The Morgan fingerprint density at radius 2 is 2.38 bits per heavy atom. The number of primary amides is 1. The van der Waals surface area contributed by atoms with Crippen LogP contribution in [0.4, 0.5) is 0 Å². The lowest BCUT2D eigenvalue weighted by Crippen LogP contribution is -2.19. The molecule has 0 unspecified atom stereocenters. The zero-order chi connectivity index (χ0) is 6.57. The number of hydrogen-bond acceptors (Lipinski definition) is 3. The molecule has 1 amide bonds. The number of amides is 1. The van der Waals surface area contributed by atoms with Crippen molar-refractivity contribution < 1.29 is 4.79 Å². The first-order valence-electron chi connectivity index (χ1n) is 1.75. The van der Waals surface area contributed by atoms with E-state index in [9.17, 15) is 4.79 Å². The van der Waals surface area contributed by atoms with Crippen LogP contribution >= 0.6 is 34.6 Å². The van der Waals surface area contributed by atoms with Gasteiger partial charge in [0.1, 0.15) is 0 Å². The molecular weight excluding hydrogens is 239 g/mol. The van der Waals surface area contributed by atoms with E-state index in [-0.39, 0.29) is 0 Å². The Morgan fingerprint density at radius 3 is 2.38 bits per heavy atom. The van der Waals surface area contributed by atoms with Crippen LogP contribution in [0.2, 0.25) is 0 Å². The van der Waals surface area contributed by atoms with Crippen molar-refractivity contribution in [1.29, 1.82) is 0 Å². The van der Waals surface area contributed by atoms with Crippen molar-refractivity contribution in [2.75, 3.05) is 6.26 Å². The molecule has 0 aliphatic carbocycles. The van der Waals surface area contributed by atoms with Crippen LogP contribution in [0.5, 0.6) is 0 Å². The van der Waals surface area contributed by atoms with E-state index in [2.05, 4.69) is 3.21 Å². The van der Waals surface area contributed by atoms with E-state index in [0.717, 1.165) is 0 Å². The van der Waals surface area contributed by atoms with Crippen molar-refractivity contribution >= 4 is 45.6 Å². The van der Waals surface area contributed by atoms with Gasteiger partial charge in [-0.25, -0.2) is 3.21 Å². The third-order valence-corrected chi connectivity index (χ3v) is 1.97. The van der Waals surface area contributed by atoms with Gasteiger partial charge >= 0.3 is 0 Å². The Kier molecular flexibility index (Phi) is 4.25. The number of thioether (sulfide) groups is 1. The van der Waals surface area contributed by atoms with Gasteiger partial charge in [-0.05, 0) is 6.26 Å². The van der Waals surface area contributed by atoms with Gasteiger partial charge < -0.3 is 5.73 Å². The summed E-state index contributed by atoms with van der Waals surface area (Å²) in [5.74, 6) is -0.466. The number of nitrogens with two attached hydrogens (primary N) is 1. The third-order valence-electron chi connectivity index (χ3n) is 0.481. The molecule has 0 atom stereocenters. The van der Waals surface area contributed by atoms with Crippen molar-refractivity contribution in [3.63, 3.8) is 0 Å². The lowest BCUT2D eigenvalue weighted by molar-refractivity contribution is -0.111. The topological polar surface area (TPSA) is 55.4 Å². The first-order chi connectivity index (χ1) is 3.72. The molecule has 0 aromatic carbocycles. The summed E-state index contributed by atoms with van der Waals surface area (Å²) in [4.78, 5) is 10.2. The summed E-state index contributed by atoms with van der Waals surface area (Å²) in [6.07, 6.45) is 1.75. The van der Waals surface area contributed by atoms with Gasteiger partial charge in [-0.1, -0.05) is 0 Å². The van der Waals surface area contributed by atoms with Crippen LogP contribution in [0.1, 0.15) is 0 Å². The minimum Gasteiger partial charge on any atom is -0.364 e. The highest BCUT2D eigenvalue weighted by atomic mass is 127. The Labute approximate surface area is 65.6 Å². The molecule has 0 radical (unpaired) electrons. The molecule has 0 aromatic heterocycles. The molecule has 0 aliphatic heterocycles. The molecule has 0 saturated carbocycles. The average molecular weight is 244 g/mol. The van der Waals surface area contributed by atoms with Gasteiger partial charge in [-0.3, -0.25) is 4.79 Å². The van der Waals surface area contributed by atoms with Gasteiger partial charge in [0.15, 0.2) is 5.04 Å². The van der Waals surface area contributed by atoms with E-state index in [1.54, 1.807) is 29.1 Å². The Bertz CT molecular complexity index is 124. The molecule has 0 bridgehead atoms. The van der Waals surface area contributed by atoms with Crippen molar-refractivity contribution in [2.24, 2.45) is 8.94 Å². The van der Waals surface area contributed by atoms with E-state index in [1.165, 1.54) is 11.8 Å². The standard InChI is InChI=1S/C3H5IN2OS/c1-8-3(6-4)2(5)7/h1H3,(H2,5,7). The van der Waals surface area contributed by atoms with Crippen LogP contribution in [-0.4, -0.2) is 17.2 Å². The maximum atomic E-state index is 10.2. The van der Waals surface area contributed by atoms with Crippen molar-refractivity contribution in [1.82, 2.24) is 0 Å². The number of hydrogen-bond donors (Lipinski definition) is 1. The molecule has 2 N–H and O–H groups in total. The van der Waals surface area contributed by atoms with Crippen molar-refractivity contribution in [3.8, 4) is 0 Å². The zero-order valence-electron chi connectivity index (χ0n) is 4.22. The predicted molar refractivity (Wildman–Crippen MR) is 44.2 cm³/mol. The number of halogens is 1. The summed E-state index contributed by atoms with van der Waals surface area (Å²) < 4.78 is 3.58. The minimum absolute atomic E-state index is 0.352. The molecule has 8 heavy (non-hydrogen) atoms. The molecule has 0 saturated heterocycles. The Balaban J connectivity index is 3.92. The van der Waals surface area contributed by atoms with E-state index < -0.39 is 5.91 Å². The Morgan fingerprint density at radius 1 is 1.88 bits per heavy atom. The molecule has 0 aliphatic rings. The molecule has 0 aromatic rings. The second-order valence-corrected chi connectivity index (χ2v) is 2.24. The number of rotatable bonds is 0. The smallest absolute Gasteiger partial charge is 0.274 e. The maximum absolute atomic E-state index is 10.2. The van der Waals surface area contributed by atoms with Crippen LogP contribution in [0.15, 0.2) is 3.21 Å². The molecule has 0 heterocycles. The van der Waals surface area contributed by atoms with Gasteiger partial charge in [0, 0.05) is 0 Å². The fourth-order valence-corrected chi connectivity index (χ4v) is 1.28. The van der Waals surface area contributed by atoms with Crippen LogP contribution < -0.4 is 5.73 Å². The number of carbonyl (C=O) groups is 1. The van der Waals surface area contributed by atoms with Crippen LogP contribution in [0.3, 0.4) is 0 Å². The van der Waals surface area contributed by atoms with E-state index in [1.807, 2.05) is 0 Å². The third kappa shape index (κ3) is 2.51. The summed E-state index contributed by atoms with van der Waals surface area (Å²) in [6, 6.07) is 0. The highest BCUT2D eigenvalue weighted by molar-refractivity contribution is 14.1. The number of carbonyl (C=O) groups excluding carboxylic acids is 1. The quantitative estimate of drug-likeness (QED) is 0.385. The summed E-state index contributed by atoms with van der Waals surface area (Å²) in [5.41, 5.74) is 4.86. The first-order valence-corrected chi connectivity index (χ1v) is 3.94. The van der Waals surface area contributed by atoms with Gasteiger partial charge in [0.25, 0.3) is 5.91 Å². The highest BCUT2D eigenvalue weighted by Gasteiger charge is 2.01. The van der Waals surface area contributed by atoms with E-state index in [4.69, 9.17) is 5.73 Å². The van der Waals surface area contributed by atoms with E-state index in [0.29, 0.717) is 5.04 Å². The fourth-order valence-electron chi connectivity index (χ4n) is 0.177. The lowest BCUT2D eigenvalue weighted by Gasteiger charge is -1.89. The average Bonchev–Trinajstić information content (AvgIpc) is 1.69. The lowest BCUT2D eigenvalue weighted by atomic mass is 10.7. The van der Waals surface area contributed by atoms with Crippen molar-refractivity contribution in [3.05, 3.63) is 0 Å². The summed E-state index contributed by atoms with van der Waals surface area (Å²) in [7, 11) is 0. The highest BCUT2D eigenvalue weighted by Crippen LogP contribution is 1.99. The molecule has 46 valence electrons. The molecular formula is C3H5IN2OS. The van der Waals surface area contributed by atoms with Gasteiger partial charge in [-0.2, -0.15) is 0 Å². The van der Waals surface area contributed by atoms with Crippen molar-refractivity contribution in [2.45, 2.75) is 0 Å². The van der Waals surface area contributed by atoms with Gasteiger partial charge in [0.05, 0.1) is 22.9 Å². The first kappa shape index (κ1) is 8.22. The molecule has 5 heteroatoms. The van der Waals surface area contributed by atoms with Gasteiger partial charge in [0.2, 0.25) is 0 Å². The van der Waals surface area contributed by atoms with Crippen LogP contribution in [0, 0.1) is 0 Å². The zero-order valence-corrected chi connectivity index (χ0v) is 7.19. The summed E-state index contributed by atoms with van der Waals surface area (Å²) in [6.45, 7) is 0. The molecule has 0 rings (SSSR count). The fraction of sp³-hybridized carbons (Fsp3) is 0.333. The SMILES string of the molecule is CSC(=NI)C(N)=O. The normalized spacial score (nSPS) is 11.5. The van der Waals surface area contributed by atoms with Crippen LogP contribution in [-0.2, 0) is 4.79 Å². The number of nitrogens with zero attached hydrogens (tertiary/aromatic N) is 1. The monoisotopic (exact) mass is 244 g/mol. The van der Waals surface area contributed by atoms with E-state index >= 15 is 0 Å². The second kappa shape index (κ2) is 4.13.